The van der Waals surface area contributed by atoms with Crippen molar-refractivity contribution in [3.63, 3.8) is 0 Å². The third-order valence-corrected chi connectivity index (χ3v) is 2.06. The summed E-state index contributed by atoms with van der Waals surface area (Å²) in [5.74, 6) is 1.80. The highest BCUT2D eigenvalue weighted by atomic mass is 16.5. The van der Waals surface area contributed by atoms with E-state index in [4.69, 9.17) is 4.74 Å². The minimum absolute atomic E-state index is 0.898. The number of aliphatic imine (C=N–C) groups is 1. The number of nitrogens with one attached hydrogen (secondary N) is 1. The molecule has 3 heteroatoms. The SMILES string of the molecule is CN=C(C)Nc1ccc(OC)c(C)c1. The minimum Gasteiger partial charge on any atom is -0.496 e. The van der Waals surface area contributed by atoms with Crippen LogP contribution in [0.1, 0.15) is 12.5 Å². The number of ether oxygens (including phenoxy) is 1. The Labute approximate surface area is 84.8 Å². The van der Waals surface area contributed by atoms with Crippen LogP contribution in [0.5, 0.6) is 5.75 Å². The molecule has 0 bridgehead atoms. The molecule has 0 fully saturated rings. The summed E-state index contributed by atoms with van der Waals surface area (Å²) in [6.45, 7) is 3.95. The van der Waals surface area contributed by atoms with Crippen LogP contribution in [-0.4, -0.2) is 20.0 Å². The lowest BCUT2D eigenvalue weighted by atomic mass is 10.2. The molecule has 0 saturated carbocycles. The van der Waals surface area contributed by atoms with Gasteiger partial charge in [-0.1, -0.05) is 0 Å². The number of anilines is 1. The highest BCUT2D eigenvalue weighted by molar-refractivity contribution is 5.93. The van der Waals surface area contributed by atoms with Gasteiger partial charge in [0, 0.05) is 12.7 Å². The van der Waals surface area contributed by atoms with Crippen molar-refractivity contribution in [1.29, 1.82) is 0 Å². The Morgan fingerprint density at radius 3 is 2.64 bits per heavy atom. The first-order chi connectivity index (χ1) is 6.67. The fraction of sp³-hybridized carbons (Fsp3) is 0.364. The first-order valence-corrected chi connectivity index (χ1v) is 4.52. The minimum atomic E-state index is 0.898. The van der Waals surface area contributed by atoms with Crippen molar-refractivity contribution < 1.29 is 4.74 Å². The molecule has 0 atom stereocenters. The van der Waals surface area contributed by atoms with Gasteiger partial charge in [-0.05, 0) is 37.6 Å². The molecule has 1 rings (SSSR count). The van der Waals surface area contributed by atoms with Crippen LogP contribution in [0.15, 0.2) is 23.2 Å². The third kappa shape index (κ3) is 2.49. The maximum Gasteiger partial charge on any atom is 0.121 e. The zero-order valence-electron chi connectivity index (χ0n) is 9.09. The van der Waals surface area contributed by atoms with Gasteiger partial charge in [-0.2, -0.15) is 0 Å². The van der Waals surface area contributed by atoms with Gasteiger partial charge < -0.3 is 10.1 Å². The van der Waals surface area contributed by atoms with Crippen molar-refractivity contribution in [1.82, 2.24) is 0 Å². The number of methoxy groups -OCH3 is 1. The zero-order valence-corrected chi connectivity index (χ0v) is 9.09. The number of hydrogen-bond donors (Lipinski definition) is 1. The lowest BCUT2D eigenvalue weighted by molar-refractivity contribution is 0.412. The zero-order chi connectivity index (χ0) is 10.6. The number of aryl methyl sites for hydroxylation is 1. The molecule has 1 aromatic rings. The highest BCUT2D eigenvalue weighted by Crippen LogP contribution is 2.21. The third-order valence-electron chi connectivity index (χ3n) is 2.06. The van der Waals surface area contributed by atoms with Crippen LogP contribution in [0.4, 0.5) is 5.69 Å². The second-order valence-electron chi connectivity index (χ2n) is 3.12. The Kier molecular flexibility index (Phi) is 3.51. The van der Waals surface area contributed by atoms with Gasteiger partial charge in [0.15, 0.2) is 0 Å². The largest absolute Gasteiger partial charge is 0.496 e. The summed E-state index contributed by atoms with van der Waals surface area (Å²) in [5.41, 5.74) is 2.15. The first-order valence-electron chi connectivity index (χ1n) is 4.52. The van der Waals surface area contributed by atoms with Gasteiger partial charge in [-0.15, -0.1) is 0 Å². The molecule has 0 radical (unpaired) electrons. The van der Waals surface area contributed by atoms with Crippen molar-refractivity contribution >= 4 is 11.5 Å². The van der Waals surface area contributed by atoms with Gasteiger partial charge in [0.05, 0.1) is 12.9 Å². The van der Waals surface area contributed by atoms with E-state index in [0.29, 0.717) is 0 Å². The van der Waals surface area contributed by atoms with Gasteiger partial charge in [-0.3, -0.25) is 4.99 Å². The van der Waals surface area contributed by atoms with E-state index in [1.807, 2.05) is 32.0 Å². The van der Waals surface area contributed by atoms with Crippen LogP contribution in [0.25, 0.3) is 0 Å². The van der Waals surface area contributed by atoms with Gasteiger partial charge in [0.25, 0.3) is 0 Å². The average Bonchev–Trinajstić information content (AvgIpc) is 2.18. The summed E-state index contributed by atoms with van der Waals surface area (Å²) >= 11 is 0. The molecule has 0 aliphatic rings. The lowest BCUT2D eigenvalue weighted by Crippen LogP contribution is -2.06. The Bertz CT molecular complexity index is 345. The van der Waals surface area contributed by atoms with Crippen molar-refractivity contribution in [2.75, 3.05) is 19.5 Å². The number of benzene rings is 1. The Morgan fingerprint density at radius 1 is 1.43 bits per heavy atom. The molecule has 0 saturated heterocycles. The van der Waals surface area contributed by atoms with E-state index in [-0.39, 0.29) is 0 Å². The quantitative estimate of drug-likeness (QED) is 0.577. The molecule has 0 amide bonds. The molecule has 1 N–H and O–H groups in total. The topological polar surface area (TPSA) is 33.6 Å². The summed E-state index contributed by atoms with van der Waals surface area (Å²) < 4.78 is 5.17. The predicted octanol–water partition coefficient (Wildman–Crippen LogP) is 2.46. The molecule has 3 nitrogen and oxygen atoms in total. The number of nitrogens with zero attached hydrogens (tertiary/aromatic N) is 1. The monoisotopic (exact) mass is 192 g/mol. The summed E-state index contributed by atoms with van der Waals surface area (Å²) in [5, 5.41) is 3.18. The summed E-state index contributed by atoms with van der Waals surface area (Å²) in [7, 11) is 3.44. The van der Waals surface area contributed by atoms with E-state index >= 15 is 0 Å². The maximum absolute atomic E-state index is 5.17. The molecule has 0 heterocycles. The maximum atomic E-state index is 5.17. The second kappa shape index (κ2) is 4.65. The van der Waals surface area contributed by atoms with Gasteiger partial charge >= 0.3 is 0 Å². The molecule has 0 aliphatic carbocycles. The molecule has 0 unspecified atom stereocenters. The lowest BCUT2D eigenvalue weighted by Gasteiger charge is -2.08. The Balaban J connectivity index is 2.86. The number of hydrogen-bond acceptors (Lipinski definition) is 2. The molecule has 0 aliphatic heterocycles. The van der Waals surface area contributed by atoms with E-state index < -0.39 is 0 Å². The predicted molar refractivity (Wildman–Crippen MR) is 60.4 cm³/mol. The number of amidine groups is 1. The molecular formula is C11H16N2O. The molecule has 76 valence electrons. The first kappa shape index (κ1) is 10.6. The van der Waals surface area contributed by atoms with E-state index in [9.17, 15) is 0 Å². The highest BCUT2D eigenvalue weighted by Gasteiger charge is 1.99. The second-order valence-corrected chi connectivity index (χ2v) is 3.12. The Hall–Kier alpha value is -1.51. The van der Waals surface area contributed by atoms with E-state index in [1.165, 1.54) is 0 Å². The van der Waals surface area contributed by atoms with E-state index in [0.717, 1.165) is 22.8 Å². The van der Waals surface area contributed by atoms with Crippen molar-refractivity contribution in [3.05, 3.63) is 23.8 Å². The number of rotatable bonds is 2. The fourth-order valence-corrected chi connectivity index (χ4v) is 1.22. The summed E-state index contributed by atoms with van der Waals surface area (Å²) in [6, 6.07) is 5.95. The summed E-state index contributed by atoms with van der Waals surface area (Å²) in [4.78, 5) is 4.03. The summed E-state index contributed by atoms with van der Waals surface area (Å²) in [6.07, 6.45) is 0. The molecule has 1 aromatic carbocycles. The molecular weight excluding hydrogens is 176 g/mol. The van der Waals surface area contributed by atoms with Crippen LogP contribution >= 0.6 is 0 Å². The van der Waals surface area contributed by atoms with Crippen LogP contribution in [0.2, 0.25) is 0 Å². The van der Waals surface area contributed by atoms with Crippen LogP contribution in [0, 0.1) is 6.92 Å². The van der Waals surface area contributed by atoms with Gasteiger partial charge in [0.1, 0.15) is 5.75 Å². The molecule has 14 heavy (non-hydrogen) atoms. The molecule has 0 spiro atoms. The van der Waals surface area contributed by atoms with Gasteiger partial charge in [0.2, 0.25) is 0 Å². The van der Waals surface area contributed by atoms with Gasteiger partial charge in [-0.25, -0.2) is 0 Å². The average molecular weight is 192 g/mol. The fourth-order valence-electron chi connectivity index (χ4n) is 1.22. The molecule has 0 aromatic heterocycles. The normalized spacial score (nSPS) is 11.3. The van der Waals surface area contributed by atoms with Crippen molar-refractivity contribution in [3.8, 4) is 5.75 Å². The van der Waals surface area contributed by atoms with Crippen molar-refractivity contribution in [2.24, 2.45) is 4.99 Å². The van der Waals surface area contributed by atoms with Crippen LogP contribution in [-0.2, 0) is 0 Å². The smallest absolute Gasteiger partial charge is 0.121 e. The van der Waals surface area contributed by atoms with E-state index in [2.05, 4.69) is 10.3 Å². The standard InChI is InChI=1S/C11H16N2O/c1-8-7-10(13-9(2)12-3)5-6-11(8)14-4/h5-7H,1-4H3,(H,12,13). The van der Waals surface area contributed by atoms with Crippen LogP contribution in [0.3, 0.4) is 0 Å². The van der Waals surface area contributed by atoms with Crippen LogP contribution < -0.4 is 10.1 Å². The van der Waals surface area contributed by atoms with E-state index in [1.54, 1.807) is 14.2 Å². The Morgan fingerprint density at radius 2 is 2.14 bits per heavy atom. The van der Waals surface area contributed by atoms with Crippen molar-refractivity contribution in [2.45, 2.75) is 13.8 Å².